The first-order valence-corrected chi connectivity index (χ1v) is 16.5. The molecule has 2 fully saturated rings. The van der Waals surface area contributed by atoms with Gasteiger partial charge in [0, 0.05) is 0 Å². The molecular weight excluding hydrogens is 470 g/mol. The average molecular weight is 507 g/mol. The molecule has 0 saturated heterocycles. The Labute approximate surface area is 219 Å². The van der Waals surface area contributed by atoms with Crippen LogP contribution in [0.25, 0.3) is 0 Å². The van der Waals surface area contributed by atoms with Crippen molar-refractivity contribution in [3.8, 4) is 0 Å². The lowest BCUT2D eigenvalue weighted by Crippen LogP contribution is -2.34. The zero-order valence-electron chi connectivity index (χ0n) is 21.0. The molecule has 0 heterocycles. The molecule has 0 amide bonds. The third kappa shape index (κ3) is 4.96. The normalized spacial score (nSPS) is 23.9. The van der Waals surface area contributed by atoms with Gasteiger partial charge in [-0.3, -0.25) is 0 Å². The molecule has 2 saturated carbocycles. The second-order valence-electron chi connectivity index (χ2n) is 10.4. The summed E-state index contributed by atoms with van der Waals surface area (Å²) in [6.07, 6.45) is 8.39. The van der Waals surface area contributed by atoms with E-state index >= 15 is 0 Å². The Hall–Kier alpha value is -2.26. The molecule has 0 spiro atoms. The summed E-state index contributed by atoms with van der Waals surface area (Å²) in [6, 6.07) is 45.9. The van der Waals surface area contributed by atoms with Crippen molar-refractivity contribution < 1.29 is 0 Å². The van der Waals surface area contributed by atoms with Crippen LogP contribution >= 0.6 is 15.8 Å². The Kier molecular flexibility index (Phi) is 7.65. The van der Waals surface area contributed by atoms with Crippen LogP contribution in [0.2, 0.25) is 0 Å². The Balaban J connectivity index is 1.38. The molecule has 4 atom stereocenters. The van der Waals surface area contributed by atoms with Crippen LogP contribution in [0.3, 0.4) is 0 Å². The van der Waals surface area contributed by atoms with Crippen molar-refractivity contribution in [1.29, 1.82) is 0 Å². The maximum atomic E-state index is 2.40. The summed E-state index contributed by atoms with van der Waals surface area (Å²) < 4.78 is 0. The van der Waals surface area contributed by atoms with Gasteiger partial charge in [-0.1, -0.05) is 134 Å². The lowest BCUT2D eigenvalue weighted by molar-refractivity contribution is 0.358. The molecule has 182 valence electrons. The minimum absolute atomic E-state index is 0.347. The summed E-state index contributed by atoms with van der Waals surface area (Å²) in [5, 5.41) is 6.27. The molecule has 0 bridgehead atoms. The Morgan fingerprint density at radius 1 is 0.361 bits per heavy atom. The molecule has 4 aromatic rings. The van der Waals surface area contributed by atoms with Gasteiger partial charge in [-0.2, -0.15) is 0 Å². The van der Waals surface area contributed by atoms with Crippen molar-refractivity contribution in [1.82, 2.24) is 0 Å². The van der Waals surface area contributed by atoms with Gasteiger partial charge in [-0.25, -0.2) is 0 Å². The molecule has 0 radical (unpaired) electrons. The van der Waals surface area contributed by atoms with Crippen LogP contribution in [0.4, 0.5) is 0 Å². The highest BCUT2D eigenvalue weighted by atomic mass is 31.1. The van der Waals surface area contributed by atoms with Crippen LogP contribution in [-0.4, -0.2) is 11.3 Å². The molecule has 0 aliphatic heterocycles. The lowest BCUT2D eigenvalue weighted by Gasteiger charge is -2.38. The number of hydrogen-bond donors (Lipinski definition) is 0. The Bertz CT molecular complexity index is 1030. The summed E-state index contributed by atoms with van der Waals surface area (Å²) >= 11 is 0. The second-order valence-corrected chi connectivity index (χ2v) is 15.3. The SMILES string of the molecule is c1ccc(P(c2ccccc2)C2CCC[C@H]2[C@@H]2CCCC2P(c2ccccc2)c2ccccc2)cc1. The fourth-order valence-corrected chi connectivity index (χ4v) is 13.5. The highest BCUT2D eigenvalue weighted by molar-refractivity contribution is 7.74. The van der Waals surface area contributed by atoms with Crippen LogP contribution in [0.1, 0.15) is 38.5 Å². The van der Waals surface area contributed by atoms with Crippen molar-refractivity contribution in [3.05, 3.63) is 121 Å². The highest BCUT2D eigenvalue weighted by Crippen LogP contribution is 2.59. The van der Waals surface area contributed by atoms with E-state index in [1.807, 2.05) is 0 Å². The molecule has 0 aromatic heterocycles. The minimum Gasteiger partial charge on any atom is -0.0622 e. The number of benzene rings is 4. The molecule has 2 unspecified atom stereocenters. The van der Waals surface area contributed by atoms with Crippen LogP contribution in [0.15, 0.2) is 121 Å². The van der Waals surface area contributed by atoms with E-state index in [0.29, 0.717) is 0 Å². The fraction of sp³-hybridized carbons (Fsp3) is 0.294. The summed E-state index contributed by atoms with van der Waals surface area (Å²) in [6.45, 7) is 0. The van der Waals surface area contributed by atoms with Crippen LogP contribution in [-0.2, 0) is 0 Å². The topological polar surface area (TPSA) is 0 Å². The number of rotatable bonds is 7. The predicted octanol–water partition coefficient (Wildman–Crippen LogP) is 7.59. The molecule has 0 nitrogen and oxygen atoms in total. The van der Waals surface area contributed by atoms with Gasteiger partial charge in [-0.15, -0.1) is 0 Å². The van der Waals surface area contributed by atoms with Gasteiger partial charge in [0.25, 0.3) is 0 Å². The van der Waals surface area contributed by atoms with Crippen LogP contribution in [0.5, 0.6) is 0 Å². The average Bonchev–Trinajstić information content (AvgIpc) is 3.62. The summed E-state index contributed by atoms with van der Waals surface area (Å²) in [4.78, 5) is 0. The predicted molar refractivity (Wildman–Crippen MR) is 160 cm³/mol. The monoisotopic (exact) mass is 506 g/mol. The van der Waals surface area contributed by atoms with Gasteiger partial charge in [0.1, 0.15) is 0 Å². The quantitative estimate of drug-likeness (QED) is 0.227. The van der Waals surface area contributed by atoms with Crippen LogP contribution < -0.4 is 21.2 Å². The zero-order chi connectivity index (χ0) is 24.2. The molecule has 4 aromatic carbocycles. The van der Waals surface area contributed by atoms with E-state index < -0.39 is 0 Å². The standard InChI is InChI=1S/C34H36P2/c1-5-15-27(16-6-1)35(28-17-7-2-8-18-28)33-25-13-23-31(33)32-24-14-26-34(32)36(29-19-9-3-10-20-29)30-21-11-4-12-22-30/h1-12,15-22,31-34H,13-14,23-26H2/t31-,32-,33?,34?/m0/s1. The van der Waals surface area contributed by atoms with Crippen LogP contribution in [0, 0.1) is 11.8 Å². The lowest BCUT2D eigenvalue weighted by atomic mass is 9.89. The van der Waals surface area contributed by atoms with E-state index in [0.717, 1.165) is 23.2 Å². The summed E-state index contributed by atoms with van der Waals surface area (Å²) in [5.41, 5.74) is 1.58. The van der Waals surface area contributed by atoms with Crippen molar-refractivity contribution in [2.75, 3.05) is 0 Å². The first-order valence-electron chi connectivity index (χ1n) is 13.7. The third-order valence-electron chi connectivity index (χ3n) is 8.41. The highest BCUT2D eigenvalue weighted by Gasteiger charge is 2.46. The first kappa shape index (κ1) is 24.1. The summed E-state index contributed by atoms with van der Waals surface area (Å²) in [7, 11) is -0.694. The summed E-state index contributed by atoms with van der Waals surface area (Å²) in [5.74, 6) is 1.67. The largest absolute Gasteiger partial charge is 0.0622 e. The Morgan fingerprint density at radius 2 is 0.639 bits per heavy atom. The fourth-order valence-electron chi connectivity index (χ4n) is 7.00. The van der Waals surface area contributed by atoms with Gasteiger partial charge in [-0.05, 0) is 85.9 Å². The van der Waals surface area contributed by atoms with Gasteiger partial charge in [0.2, 0.25) is 0 Å². The smallest absolute Gasteiger partial charge is 0.00976 e. The molecule has 2 heteroatoms. The molecule has 2 aliphatic carbocycles. The molecule has 0 N–H and O–H groups in total. The van der Waals surface area contributed by atoms with Gasteiger partial charge in [0.05, 0.1) is 0 Å². The van der Waals surface area contributed by atoms with Gasteiger partial charge in [0.15, 0.2) is 0 Å². The van der Waals surface area contributed by atoms with E-state index in [1.165, 1.54) is 38.5 Å². The molecule has 2 aliphatic rings. The van der Waals surface area contributed by atoms with Gasteiger partial charge < -0.3 is 0 Å². The van der Waals surface area contributed by atoms with E-state index in [9.17, 15) is 0 Å². The van der Waals surface area contributed by atoms with E-state index in [4.69, 9.17) is 0 Å². The third-order valence-corrected chi connectivity index (χ3v) is 14.4. The zero-order valence-corrected chi connectivity index (χ0v) is 22.8. The van der Waals surface area contributed by atoms with Gasteiger partial charge >= 0.3 is 0 Å². The maximum Gasteiger partial charge on any atom is -0.00976 e. The van der Waals surface area contributed by atoms with E-state index in [1.54, 1.807) is 21.2 Å². The minimum atomic E-state index is -0.347. The van der Waals surface area contributed by atoms with E-state index in [2.05, 4.69) is 121 Å². The van der Waals surface area contributed by atoms with E-state index in [-0.39, 0.29) is 15.8 Å². The molecule has 6 rings (SSSR count). The maximum absolute atomic E-state index is 2.40. The van der Waals surface area contributed by atoms with Crippen molar-refractivity contribution >= 4 is 37.1 Å². The van der Waals surface area contributed by atoms with Crippen molar-refractivity contribution in [2.45, 2.75) is 49.8 Å². The Morgan fingerprint density at radius 3 is 0.917 bits per heavy atom. The number of hydrogen-bond acceptors (Lipinski definition) is 0. The van der Waals surface area contributed by atoms with Crippen molar-refractivity contribution in [2.24, 2.45) is 11.8 Å². The van der Waals surface area contributed by atoms with Crippen molar-refractivity contribution in [3.63, 3.8) is 0 Å². The second kappa shape index (κ2) is 11.4. The first-order chi connectivity index (χ1) is 17.9. The molecular formula is C34H36P2. The molecule has 36 heavy (non-hydrogen) atoms.